The molecule has 1 fully saturated rings. The molecule has 1 aromatic rings. The number of ether oxygens (including phenoxy) is 1. The van der Waals surface area contributed by atoms with Crippen molar-refractivity contribution in [3.8, 4) is 5.75 Å². The summed E-state index contributed by atoms with van der Waals surface area (Å²) in [6, 6.07) is 7.92. The molecule has 1 heterocycles. The van der Waals surface area contributed by atoms with Gasteiger partial charge in [0.15, 0.2) is 0 Å². The number of hydrogen-bond donors (Lipinski definition) is 2. The number of carbonyl (C=O) groups is 1. The monoisotopic (exact) mass is 298 g/mol. The number of hydrogen-bond acceptors (Lipinski definition) is 3. The number of benzene rings is 1. The molecule has 1 aliphatic heterocycles. The van der Waals surface area contributed by atoms with E-state index in [-0.39, 0.29) is 24.4 Å². The van der Waals surface area contributed by atoms with Gasteiger partial charge in [0.05, 0.1) is 0 Å². The molecule has 0 aromatic heterocycles. The SMILES string of the molecule is CC(C)NC(=O)c1ccc(OCC2CCCN2)cc1.Cl. The van der Waals surface area contributed by atoms with Gasteiger partial charge in [-0.1, -0.05) is 0 Å². The highest BCUT2D eigenvalue weighted by Gasteiger charge is 2.14. The number of carbonyl (C=O) groups excluding carboxylic acids is 1. The van der Waals surface area contributed by atoms with Crippen molar-refractivity contribution in [2.45, 2.75) is 38.8 Å². The van der Waals surface area contributed by atoms with E-state index in [4.69, 9.17) is 4.74 Å². The van der Waals surface area contributed by atoms with Gasteiger partial charge < -0.3 is 15.4 Å². The van der Waals surface area contributed by atoms with Crippen LogP contribution < -0.4 is 15.4 Å². The van der Waals surface area contributed by atoms with E-state index in [2.05, 4.69) is 10.6 Å². The zero-order valence-corrected chi connectivity index (χ0v) is 12.8. The van der Waals surface area contributed by atoms with Crippen molar-refractivity contribution in [3.63, 3.8) is 0 Å². The van der Waals surface area contributed by atoms with Crippen LogP contribution >= 0.6 is 12.4 Å². The molecule has 2 rings (SSSR count). The third kappa shape index (κ3) is 5.02. The van der Waals surface area contributed by atoms with E-state index in [1.165, 1.54) is 12.8 Å². The van der Waals surface area contributed by atoms with Gasteiger partial charge in [-0.15, -0.1) is 12.4 Å². The maximum atomic E-state index is 11.8. The Bertz CT molecular complexity index is 414. The highest BCUT2D eigenvalue weighted by Crippen LogP contribution is 2.14. The van der Waals surface area contributed by atoms with Crippen LogP contribution in [-0.2, 0) is 0 Å². The standard InChI is InChI=1S/C15H22N2O2.ClH/c1-11(2)17-15(18)12-5-7-14(8-6-12)19-10-13-4-3-9-16-13;/h5-8,11,13,16H,3-4,9-10H2,1-2H3,(H,17,18);1H. The van der Waals surface area contributed by atoms with Crippen molar-refractivity contribution in [1.29, 1.82) is 0 Å². The van der Waals surface area contributed by atoms with Crippen LogP contribution in [0.1, 0.15) is 37.0 Å². The zero-order valence-electron chi connectivity index (χ0n) is 12.0. The summed E-state index contributed by atoms with van der Waals surface area (Å²) >= 11 is 0. The quantitative estimate of drug-likeness (QED) is 0.877. The first-order valence-corrected chi connectivity index (χ1v) is 6.92. The molecule has 1 saturated heterocycles. The Balaban J connectivity index is 0.00000200. The largest absolute Gasteiger partial charge is 0.492 e. The van der Waals surface area contributed by atoms with Crippen LogP contribution in [0.2, 0.25) is 0 Å². The predicted molar refractivity (Wildman–Crippen MR) is 82.8 cm³/mol. The highest BCUT2D eigenvalue weighted by molar-refractivity contribution is 5.94. The number of halogens is 1. The van der Waals surface area contributed by atoms with E-state index in [9.17, 15) is 4.79 Å². The second kappa shape index (κ2) is 8.12. The molecular weight excluding hydrogens is 276 g/mol. The summed E-state index contributed by atoms with van der Waals surface area (Å²) in [5.41, 5.74) is 0.667. The van der Waals surface area contributed by atoms with Crippen LogP contribution in [0, 0.1) is 0 Å². The molecule has 1 aromatic carbocycles. The van der Waals surface area contributed by atoms with Gasteiger partial charge in [0.1, 0.15) is 12.4 Å². The van der Waals surface area contributed by atoms with Crippen molar-refractivity contribution >= 4 is 18.3 Å². The average molecular weight is 299 g/mol. The van der Waals surface area contributed by atoms with E-state index in [1.54, 1.807) is 12.1 Å². The van der Waals surface area contributed by atoms with Crippen molar-refractivity contribution in [2.24, 2.45) is 0 Å². The predicted octanol–water partition coefficient (Wildman–Crippen LogP) is 2.38. The number of rotatable bonds is 5. The lowest BCUT2D eigenvalue weighted by molar-refractivity contribution is 0.0943. The molecule has 4 nitrogen and oxygen atoms in total. The molecule has 0 radical (unpaired) electrons. The van der Waals surface area contributed by atoms with Crippen LogP contribution in [0.25, 0.3) is 0 Å². The van der Waals surface area contributed by atoms with E-state index in [1.807, 2.05) is 26.0 Å². The molecule has 0 aliphatic carbocycles. The average Bonchev–Trinajstić information content (AvgIpc) is 2.89. The van der Waals surface area contributed by atoms with Gasteiger partial charge in [-0.25, -0.2) is 0 Å². The summed E-state index contributed by atoms with van der Waals surface area (Å²) in [4.78, 5) is 11.8. The van der Waals surface area contributed by atoms with E-state index in [0.29, 0.717) is 18.2 Å². The first kappa shape index (κ1) is 16.8. The minimum atomic E-state index is -0.0426. The summed E-state index contributed by atoms with van der Waals surface area (Å²) in [7, 11) is 0. The second-order valence-electron chi connectivity index (χ2n) is 5.26. The summed E-state index contributed by atoms with van der Waals surface area (Å²) in [6.07, 6.45) is 2.40. The summed E-state index contributed by atoms with van der Waals surface area (Å²) in [5, 5.41) is 6.25. The Morgan fingerprint density at radius 3 is 2.65 bits per heavy atom. The Hall–Kier alpha value is -1.26. The van der Waals surface area contributed by atoms with Gasteiger partial charge in [-0.2, -0.15) is 0 Å². The molecule has 1 aliphatic rings. The van der Waals surface area contributed by atoms with Gasteiger partial charge in [0, 0.05) is 17.6 Å². The summed E-state index contributed by atoms with van der Waals surface area (Å²) in [5.74, 6) is 0.772. The third-order valence-electron chi connectivity index (χ3n) is 3.15. The third-order valence-corrected chi connectivity index (χ3v) is 3.15. The van der Waals surface area contributed by atoms with E-state index >= 15 is 0 Å². The van der Waals surface area contributed by atoms with Crippen LogP contribution in [0.3, 0.4) is 0 Å². The Morgan fingerprint density at radius 2 is 2.10 bits per heavy atom. The highest BCUT2D eigenvalue weighted by atomic mass is 35.5. The van der Waals surface area contributed by atoms with Gasteiger partial charge >= 0.3 is 0 Å². The zero-order chi connectivity index (χ0) is 13.7. The van der Waals surface area contributed by atoms with Gasteiger partial charge in [0.25, 0.3) is 5.91 Å². The van der Waals surface area contributed by atoms with Gasteiger partial charge in [-0.05, 0) is 57.5 Å². The van der Waals surface area contributed by atoms with Crippen molar-refractivity contribution in [1.82, 2.24) is 10.6 Å². The lowest BCUT2D eigenvalue weighted by Crippen LogP contribution is -2.30. The maximum absolute atomic E-state index is 11.8. The summed E-state index contributed by atoms with van der Waals surface area (Å²) in [6.45, 7) is 5.67. The van der Waals surface area contributed by atoms with Crippen molar-refractivity contribution < 1.29 is 9.53 Å². The molecule has 20 heavy (non-hydrogen) atoms. The molecule has 0 bridgehead atoms. The lowest BCUT2D eigenvalue weighted by Gasteiger charge is -2.12. The van der Waals surface area contributed by atoms with Crippen molar-refractivity contribution in [3.05, 3.63) is 29.8 Å². The normalized spacial score (nSPS) is 17.6. The Kier molecular flexibility index (Phi) is 6.82. The molecule has 2 N–H and O–H groups in total. The molecule has 1 amide bonds. The fourth-order valence-corrected chi connectivity index (χ4v) is 2.14. The lowest BCUT2D eigenvalue weighted by atomic mass is 10.2. The Labute approximate surface area is 126 Å². The maximum Gasteiger partial charge on any atom is 0.251 e. The Morgan fingerprint density at radius 1 is 1.40 bits per heavy atom. The first-order valence-electron chi connectivity index (χ1n) is 6.92. The molecule has 1 atom stereocenters. The molecule has 1 unspecified atom stereocenters. The van der Waals surface area contributed by atoms with Gasteiger partial charge in [0.2, 0.25) is 0 Å². The minimum Gasteiger partial charge on any atom is -0.492 e. The second-order valence-corrected chi connectivity index (χ2v) is 5.26. The van der Waals surface area contributed by atoms with Crippen molar-refractivity contribution in [2.75, 3.05) is 13.2 Å². The van der Waals surface area contributed by atoms with E-state index < -0.39 is 0 Å². The topological polar surface area (TPSA) is 50.4 Å². The van der Waals surface area contributed by atoms with Crippen LogP contribution in [0.5, 0.6) is 5.75 Å². The molecule has 5 heteroatoms. The van der Waals surface area contributed by atoms with Crippen LogP contribution in [0.4, 0.5) is 0 Å². The van der Waals surface area contributed by atoms with E-state index in [0.717, 1.165) is 12.3 Å². The fourth-order valence-electron chi connectivity index (χ4n) is 2.14. The molecular formula is C15H23ClN2O2. The number of amides is 1. The van der Waals surface area contributed by atoms with Crippen LogP contribution in [0.15, 0.2) is 24.3 Å². The molecule has 0 spiro atoms. The number of nitrogens with one attached hydrogen (secondary N) is 2. The summed E-state index contributed by atoms with van der Waals surface area (Å²) < 4.78 is 5.71. The fraction of sp³-hybridized carbons (Fsp3) is 0.533. The minimum absolute atomic E-state index is 0. The first-order chi connectivity index (χ1) is 9.15. The molecule has 0 saturated carbocycles. The van der Waals surface area contributed by atoms with Crippen LogP contribution in [-0.4, -0.2) is 31.1 Å². The molecule has 112 valence electrons. The van der Waals surface area contributed by atoms with Gasteiger partial charge in [-0.3, -0.25) is 4.79 Å². The smallest absolute Gasteiger partial charge is 0.251 e.